The Morgan fingerprint density at radius 3 is 2.02 bits per heavy atom. The van der Waals surface area contributed by atoms with Crippen molar-refractivity contribution < 1.29 is 29.2 Å². The van der Waals surface area contributed by atoms with Gasteiger partial charge in [-0.3, -0.25) is 0 Å². The van der Waals surface area contributed by atoms with E-state index in [2.05, 4.69) is 17.6 Å². The number of benzene rings is 4. The topological polar surface area (TPSA) is 109 Å². The number of aliphatic hydroxyl groups excluding tert-OH is 2. The molecular formula is C34H36N2O6S. The van der Waals surface area contributed by atoms with Crippen LogP contribution in [0.15, 0.2) is 103 Å². The number of anilines is 2. The predicted octanol–water partition coefficient (Wildman–Crippen LogP) is 7.13. The van der Waals surface area contributed by atoms with Crippen LogP contribution in [0.25, 0.3) is 0 Å². The number of para-hydroxylation sites is 1. The molecule has 0 unspecified atom stereocenters. The number of urea groups is 1. The maximum Gasteiger partial charge on any atom is 0.323 e. The van der Waals surface area contributed by atoms with Gasteiger partial charge in [0.05, 0.1) is 25.4 Å². The lowest BCUT2D eigenvalue weighted by Crippen LogP contribution is -2.38. The smallest absolute Gasteiger partial charge is 0.323 e. The van der Waals surface area contributed by atoms with Gasteiger partial charge in [0.25, 0.3) is 0 Å². The second-order valence-corrected chi connectivity index (χ2v) is 11.4. The Hall–Kier alpha value is -3.86. The van der Waals surface area contributed by atoms with Crippen LogP contribution in [0.1, 0.15) is 36.0 Å². The molecule has 0 saturated carbocycles. The average Bonchev–Trinajstić information content (AvgIpc) is 3.04. The molecule has 8 nitrogen and oxygen atoms in total. The maximum absolute atomic E-state index is 12.7. The van der Waals surface area contributed by atoms with Gasteiger partial charge in [-0.2, -0.15) is 11.8 Å². The number of ether oxygens (including phenoxy) is 3. The van der Waals surface area contributed by atoms with Crippen LogP contribution >= 0.6 is 11.8 Å². The van der Waals surface area contributed by atoms with Crippen molar-refractivity contribution in [1.82, 2.24) is 0 Å². The van der Waals surface area contributed by atoms with Gasteiger partial charge in [0, 0.05) is 34.4 Å². The van der Waals surface area contributed by atoms with Crippen LogP contribution in [-0.4, -0.2) is 40.5 Å². The van der Waals surface area contributed by atoms with Crippen LogP contribution < -0.4 is 15.4 Å². The molecule has 0 aromatic heterocycles. The van der Waals surface area contributed by atoms with Gasteiger partial charge in [-0.25, -0.2) is 4.79 Å². The number of nitrogens with one attached hydrogen (secondary N) is 2. The van der Waals surface area contributed by atoms with Gasteiger partial charge >= 0.3 is 6.03 Å². The molecule has 5 rings (SSSR count). The van der Waals surface area contributed by atoms with E-state index in [1.807, 2.05) is 78.9 Å². The zero-order valence-electron chi connectivity index (χ0n) is 23.9. The summed E-state index contributed by atoms with van der Waals surface area (Å²) in [5.74, 6) is 2.86. The molecule has 1 aliphatic rings. The molecule has 43 heavy (non-hydrogen) atoms. The third kappa shape index (κ3) is 8.37. The monoisotopic (exact) mass is 600 g/mol. The summed E-state index contributed by atoms with van der Waals surface area (Å²) >= 11 is 1.65. The zero-order valence-corrected chi connectivity index (χ0v) is 24.7. The van der Waals surface area contributed by atoms with Gasteiger partial charge in [0.1, 0.15) is 11.5 Å². The summed E-state index contributed by atoms with van der Waals surface area (Å²) in [5.41, 5.74) is 3.96. The number of carbonyl (C=O) groups excluding carboxylic acids is 1. The molecule has 4 aromatic rings. The lowest BCUT2D eigenvalue weighted by Gasteiger charge is -2.41. The van der Waals surface area contributed by atoms with E-state index in [1.54, 1.807) is 36.0 Å². The fraction of sp³-hybridized carbons (Fsp3) is 0.265. The summed E-state index contributed by atoms with van der Waals surface area (Å²) in [6, 6.07) is 31.5. The molecule has 1 fully saturated rings. The summed E-state index contributed by atoms with van der Waals surface area (Å²) in [7, 11) is 0. The second kappa shape index (κ2) is 15.0. The molecule has 1 saturated heterocycles. The van der Waals surface area contributed by atoms with Crippen molar-refractivity contribution in [1.29, 1.82) is 0 Å². The van der Waals surface area contributed by atoms with Crippen molar-refractivity contribution in [2.75, 3.05) is 28.7 Å². The minimum absolute atomic E-state index is 0.0120. The molecule has 2 amide bonds. The van der Waals surface area contributed by atoms with Crippen LogP contribution in [0.2, 0.25) is 0 Å². The van der Waals surface area contributed by atoms with Crippen LogP contribution in [-0.2, 0) is 16.1 Å². The Kier molecular flexibility index (Phi) is 10.7. The van der Waals surface area contributed by atoms with Gasteiger partial charge in [-0.05, 0) is 59.7 Å². The highest BCUT2D eigenvalue weighted by molar-refractivity contribution is 7.99. The number of aliphatic hydroxyl groups is 2. The molecule has 224 valence electrons. The minimum atomic E-state index is -0.599. The Bertz CT molecular complexity index is 1430. The van der Waals surface area contributed by atoms with E-state index >= 15 is 0 Å². The Morgan fingerprint density at radius 2 is 1.40 bits per heavy atom. The minimum Gasteiger partial charge on any atom is -0.457 e. The van der Waals surface area contributed by atoms with Crippen molar-refractivity contribution in [2.45, 2.75) is 32.0 Å². The lowest BCUT2D eigenvalue weighted by molar-refractivity contribution is -0.268. The summed E-state index contributed by atoms with van der Waals surface area (Å²) in [6.07, 6.45) is -0.900. The predicted molar refractivity (Wildman–Crippen MR) is 169 cm³/mol. The standard InChI is InChI=1S/C34H36N2O6S/c1-23-31(22-43-20-19-37)41-33(42-32(23)25-9-7-24(21-38)8-10-25)26-11-13-27(14-12-26)35-34(39)36-28-15-17-30(18-16-28)40-29-5-3-2-4-6-29/h2-18,23,31-33,37-38H,19-22H2,1H3,(H2,35,36,39)/t23-,31+,32+,33+/m1/s1. The number of hydrogen-bond acceptors (Lipinski definition) is 7. The van der Waals surface area contributed by atoms with E-state index in [1.165, 1.54) is 0 Å². The van der Waals surface area contributed by atoms with Gasteiger partial charge in [0.15, 0.2) is 6.29 Å². The molecule has 4 N–H and O–H groups in total. The number of amides is 2. The number of hydrogen-bond donors (Lipinski definition) is 4. The van der Waals surface area contributed by atoms with Crippen LogP contribution in [0.3, 0.4) is 0 Å². The van der Waals surface area contributed by atoms with Crippen molar-refractivity contribution in [3.63, 3.8) is 0 Å². The van der Waals surface area contributed by atoms with E-state index in [0.717, 1.165) is 28.2 Å². The van der Waals surface area contributed by atoms with Gasteiger partial charge in [-0.15, -0.1) is 0 Å². The van der Waals surface area contributed by atoms with Crippen molar-refractivity contribution in [3.8, 4) is 11.5 Å². The summed E-state index contributed by atoms with van der Waals surface area (Å²) in [5, 5.41) is 24.4. The normalized spacial score (nSPS) is 19.9. The Morgan fingerprint density at radius 1 is 0.791 bits per heavy atom. The van der Waals surface area contributed by atoms with E-state index < -0.39 is 6.29 Å². The fourth-order valence-electron chi connectivity index (χ4n) is 4.82. The molecule has 9 heteroatoms. The van der Waals surface area contributed by atoms with Crippen LogP contribution in [0, 0.1) is 5.92 Å². The summed E-state index contributed by atoms with van der Waals surface area (Å²) < 4.78 is 18.7. The molecule has 0 radical (unpaired) electrons. The Balaban J connectivity index is 1.21. The highest BCUT2D eigenvalue weighted by Crippen LogP contribution is 2.42. The first kappa shape index (κ1) is 30.6. The first-order valence-corrected chi connectivity index (χ1v) is 15.4. The molecule has 4 aromatic carbocycles. The molecule has 0 aliphatic carbocycles. The van der Waals surface area contributed by atoms with E-state index in [0.29, 0.717) is 22.9 Å². The molecule has 1 aliphatic heterocycles. The van der Waals surface area contributed by atoms with E-state index in [-0.39, 0.29) is 37.4 Å². The van der Waals surface area contributed by atoms with E-state index in [9.17, 15) is 15.0 Å². The largest absolute Gasteiger partial charge is 0.457 e. The second-order valence-electron chi connectivity index (χ2n) is 10.3. The lowest BCUT2D eigenvalue weighted by atomic mass is 9.91. The number of rotatable bonds is 11. The highest BCUT2D eigenvalue weighted by Gasteiger charge is 2.38. The van der Waals surface area contributed by atoms with Crippen LogP contribution in [0.4, 0.5) is 16.2 Å². The number of carbonyl (C=O) groups is 1. The molecule has 0 bridgehead atoms. The molecule has 4 atom stereocenters. The molecule has 1 heterocycles. The third-order valence-corrected chi connectivity index (χ3v) is 8.21. The first-order chi connectivity index (χ1) is 21.0. The molecule has 0 spiro atoms. The SMILES string of the molecule is C[C@@H]1[C@H](CSCCO)O[C@H](c2ccc(NC(=O)Nc3ccc(Oc4ccccc4)cc3)cc2)O[C@@H]1c1ccc(CO)cc1. The maximum atomic E-state index is 12.7. The van der Waals surface area contributed by atoms with Crippen molar-refractivity contribution in [3.05, 3.63) is 120 Å². The fourth-order valence-corrected chi connectivity index (χ4v) is 5.73. The molecular weight excluding hydrogens is 564 g/mol. The van der Waals surface area contributed by atoms with Gasteiger partial charge < -0.3 is 35.1 Å². The highest BCUT2D eigenvalue weighted by atomic mass is 32.2. The number of thioether (sulfide) groups is 1. The van der Waals surface area contributed by atoms with Crippen LogP contribution in [0.5, 0.6) is 11.5 Å². The van der Waals surface area contributed by atoms with Crippen molar-refractivity contribution >= 4 is 29.2 Å². The Labute approximate surface area is 256 Å². The first-order valence-electron chi connectivity index (χ1n) is 14.2. The average molecular weight is 601 g/mol. The van der Waals surface area contributed by atoms with Gasteiger partial charge in [-0.1, -0.05) is 61.5 Å². The third-order valence-electron chi connectivity index (χ3n) is 7.17. The van der Waals surface area contributed by atoms with E-state index in [4.69, 9.17) is 14.2 Å². The summed E-state index contributed by atoms with van der Waals surface area (Å²) in [4.78, 5) is 12.7. The quantitative estimate of drug-likeness (QED) is 0.136. The zero-order chi connectivity index (χ0) is 30.0. The summed E-state index contributed by atoms with van der Waals surface area (Å²) in [6.45, 7) is 2.22. The van der Waals surface area contributed by atoms with Crippen molar-refractivity contribution in [2.24, 2.45) is 5.92 Å². The van der Waals surface area contributed by atoms with Gasteiger partial charge in [0.2, 0.25) is 0 Å².